The van der Waals surface area contributed by atoms with Gasteiger partial charge in [0, 0.05) is 26.3 Å². The molecule has 2 amide bonds. The van der Waals surface area contributed by atoms with Crippen LogP contribution >= 0.6 is 34.8 Å². The number of nitrogens with zero attached hydrogens (tertiary/aromatic N) is 3. The third-order valence-corrected chi connectivity index (χ3v) is 4.78. The highest BCUT2D eigenvalue weighted by Gasteiger charge is 2.35. The van der Waals surface area contributed by atoms with Gasteiger partial charge >= 0.3 is 0 Å². The molecule has 0 unspecified atom stereocenters. The average Bonchev–Trinajstić information content (AvgIpc) is 3.13. The summed E-state index contributed by atoms with van der Waals surface area (Å²) in [6.45, 7) is 0. The maximum absolute atomic E-state index is 12.4. The van der Waals surface area contributed by atoms with Gasteiger partial charge in [-0.15, -0.1) is 5.10 Å². The number of hydrogen-bond donors (Lipinski definition) is 2. The maximum Gasteiger partial charge on any atom is 0.252 e. The first-order valence-corrected chi connectivity index (χ1v) is 9.32. The standard InChI is InChI=1S/C18H12Cl3N5O2/c19-10-3-1-9(2-4-10)16-23-18-24-17(28)14(26(18)25-16)8-15(27)22-13-6-11(20)5-12(21)7-13/h1-7,14H,8H2,(H,22,27)(H,23,24,25,28)/t14-/m1/s1. The second-order valence-electron chi connectivity index (χ2n) is 6.13. The van der Waals surface area contributed by atoms with Crippen molar-refractivity contribution in [3.63, 3.8) is 0 Å². The number of amides is 2. The van der Waals surface area contributed by atoms with Gasteiger partial charge in [0.2, 0.25) is 11.9 Å². The van der Waals surface area contributed by atoms with E-state index in [1.54, 1.807) is 42.5 Å². The maximum atomic E-state index is 12.4. The van der Waals surface area contributed by atoms with Crippen LogP contribution in [0.2, 0.25) is 15.1 Å². The smallest absolute Gasteiger partial charge is 0.252 e. The van der Waals surface area contributed by atoms with Crippen molar-refractivity contribution in [2.75, 3.05) is 10.6 Å². The number of carbonyl (C=O) groups excluding carboxylic acids is 2. The Hall–Kier alpha value is -2.61. The van der Waals surface area contributed by atoms with E-state index in [1.807, 2.05) is 0 Å². The number of carbonyl (C=O) groups is 2. The molecule has 2 heterocycles. The minimum Gasteiger partial charge on any atom is -0.326 e. The molecule has 0 spiro atoms. The Morgan fingerprint density at radius 3 is 2.43 bits per heavy atom. The number of halogens is 3. The van der Waals surface area contributed by atoms with Crippen molar-refractivity contribution < 1.29 is 9.59 Å². The molecule has 0 saturated carbocycles. The Morgan fingerprint density at radius 2 is 1.75 bits per heavy atom. The van der Waals surface area contributed by atoms with Gasteiger partial charge < -0.3 is 5.32 Å². The first-order valence-electron chi connectivity index (χ1n) is 8.18. The van der Waals surface area contributed by atoms with E-state index < -0.39 is 6.04 Å². The Balaban J connectivity index is 1.52. The summed E-state index contributed by atoms with van der Waals surface area (Å²) in [6, 6.07) is 10.9. The summed E-state index contributed by atoms with van der Waals surface area (Å²) in [4.78, 5) is 29.0. The molecular weight excluding hydrogens is 425 g/mol. The predicted octanol–water partition coefficient (Wildman–Crippen LogP) is 4.43. The number of nitrogens with one attached hydrogen (secondary N) is 2. The van der Waals surface area contributed by atoms with E-state index in [9.17, 15) is 9.59 Å². The molecule has 0 saturated heterocycles. The fraction of sp³-hybridized carbons (Fsp3) is 0.111. The molecule has 2 aromatic carbocycles. The molecule has 0 aliphatic carbocycles. The van der Waals surface area contributed by atoms with Crippen molar-refractivity contribution in [2.24, 2.45) is 0 Å². The SMILES string of the molecule is O=C(C[C@@H]1C(=O)Nc2nc(-c3ccc(Cl)cc3)nn21)Nc1cc(Cl)cc(Cl)c1. The van der Waals surface area contributed by atoms with Crippen molar-refractivity contribution in [3.8, 4) is 11.4 Å². The molecule has 4 rings (SSSR count). The fourth-order valence-electron chi connectivity index (χ4n) is 2.84. The molecule has 142 valence electrons. The van der Waals surface area contributed by atoms with Crippen LogP contribution in [-0.2, 0) is 9.59 Å². The van der Waals surface area contributed by atoms with Crippen LogP contribution in [0.25, 0.3) is 11.4 Å². The minimum atomic E-state index is -0.807. The van der Waals surface area contributed by atoms with Crippen molar-refractivity contribution >= 4 is 58.3 Å². The number of hydrogen-bond acceptors (Lipinski definition) is 4. The first-order chi connectivity index (χ1) is 13.4. The summed E-state index contributed by atoms with van der Waals surface area (Å²) in [5, 5.41) is 11.1. The molecule has 10 heteroatoms. The second-order valence-corrected chi connectivity index (χ2v) is 7.44. The zero-order valence-electron chi connectivity index (χ0n) is 14.1. The van der Waals surface area contributed by atoms with E-state index in [2.05, 4.69) is 20.7 Å². The number of anilines is 2. The van der Waals surface area contributed by atoms with E-state index in [4.69, 9.17) is 34.8 Å². The van der Waals surface area contributed by atoms with Crippen LogP contribution in [0.5, 0.6) is 0 Å². The van der Waals surface area contributed by atoms with E-state index in [0.29, 0.717) is 32.5 Å². The Bertz CT molecular complexity index is 1060. The lowest BCUT2D eigenvalue weighted by Gasteiger charge is -2.10. The lowest BCUT2D eigenvalue weighted by molar-refractivity contribution is -0.123. The summed E-state index contributed by atoms with van der Waals surface area (Å²) in [5.41, 5.74) is 1.19. The van der Waals surface area contributed by atoms with Gasteiger partial charge in [-0.05, 0) is 42.5 Å². The van der Waals surface area contributed by atoms with Gasteiger partial charge in [0.1, 0.15) is 6.04 Å². The van der Waals surface area contributed by atoms with Crippen LogP contribution in [0, 0.1) is 0 Å². The summed E-state index contributed by atoms with van der Waals surface area (Å²) in [7, 11) is 0. The van der Waals surface area contributed by atoms with Crippen LogP contribution in [0.1, 0.15) is 12.5 Å². The van der Waals surface area contributed by atoms with Crippen LogP contribution in [-0.4, -0.2) is 26.6 Å². The van der Waals surface area contributed by atoms with Gasteiger partial charge in [0.15, 0.2) is 5.82 Å². The van der Waals surface area contributed by atoms with E-state index >= 15 is 0 Å². The highest BCUT2D eigenvalue weighted by Crippen LogP contribution is 2.29. The Kier molecular flexibility index (Phi) is 4.97. The molecule has 1 aromatic heterocycles. The zero-order chi connectivity index (χ0) is 19.8. The van der Waals surface area contributed by atoms with Gasteiger partial charge in [-0.25, -0.2) is 4.68 Å². The molecule has 28 heavy (non-hydrogen) atoms. The Morgan fingerprint density at radius 1 is 1.07 bits per heavy atom. The van der Waals surface area contributed by atoms with Crippen LogP contribution < -0.4 is 10.6 Å². The van der Waals surface area contributed by atoms with Gasteiger partial charge in [-0.3, -0.25) is 14.9 Å². The highest BCUT2D eigenvalue weighted by molar-refractivity contribution is 6.35. The molecule has 0 radical (unpaired) electrons. The normalized spacial score (nSPS) is 15.2. The van der Waals surface area contributed by atoms with Gasteiger partial charge in [0.25, 0.3) is 5.91 Å². The summed E-state index contributed by atoms with van der Waals surface area (Å²) < 4.78 is 1.41. The largest absolute Gasteiger partial charge is 0.326 e. The van der Waals surface area contributed by atoms with Crippen LogP contribution in [0.3, 0.4) is 0 Å². The first kappa shape index (κ1) is 18.7. The molecule has 1 atom stereocenters. The van der Waals surface area contributed by atoms with Crippen molar-refractivity contribution in [1.29, 1.82) is 0 Å². The number of rotatable bonds is 4. The summed E-state index contributed by atoms with van der Waals surface area (Å²) in [6.07, 6.45) is -0.119. The molecule has 1 aliphatic rings. The van der Waals surface area contributed by atoms with E-state index in [0.717, 1.165) is 5.56 Å². The average molecular weight is 437 g/mol. The number of aromatic nitrogens is 3. The molecule has 2 N–H and O–H groups in total. The molecule has 0 bridgehead atoms. The molecule has 7 nitrogen and oxygen atoms in total. The lowest BCUT2D eigenvalue weighted by Crippen LogP contribution is -2.23. The minimum absolute atomic E-state index is 0.119. The third-order valence-electron chi connectivity index (χ3n) is 4.09. The van der Waals surface area contributed by atoms with Crippen molar-refractivity contribution in [3.05, 3.63) is 57.5 Å². The fourth-order valence-corrected chi connectivity index (χ4v) is 3.50. The molecule has 1 aliphatic heterocycles. The molecular formula is C18H12Cl3N5O2. The predicted molar refractivity (Wildman–Crippen MR) is 108 cm³/mol. The summed E-state index contributed by atoms with van der Waals surface area (Å²) in [5.74, 6) is -0.0101. The number of fused-ring (bicyclic) bond motifs is 1. The van der Waals surface area contributed by atoms with E-state index in [-0.39, 0.29) is 18.2 Å². The van der Waals surface area contributed by atoms with Gasteiger partial charge in [-0.2, -0.15) is 4.98 Å². The van der Waals surface area contributed by atoms with Crippen molar-refractivity contribution in [2.45, 2.75) is 12.5 Å². The molecule has 3 aromatic rings. The monoisotopic (exact) mass is 435 g/mol. The Labute approximate surface area is 174 Å². The lowest BCUT2D eigenvalue weighted by atomic mass is 10.2. The third kappa shape index (κ3) is 3.82. The van der Waals surface area contributed by atoms with Gasteiger partial charge in [-0.1, -0.05) is 34.8 Å². The number of benzene rings is 2. The van der Waals surface area contributed by atoms with Crippen LogP contribution in [0.4, 0.5) is 11.6 Å². The topological polar surface area (TPSA) is 88.9 Å². The van der Waals surface area contributed by atoms with Crippen LogP contribution in [0.15, 0.2) is 42.5 Å². The van der Waals surface area contributed by atoms with E-state index in [1.165, 1.54) is 4.68 Å². The second kappa shape index (κ2) is 7.43. The highest BCUT2D eigenvalue weighted by atomic mass is 35.5. The quantitative estimate of drug-likeness (QED) is 0.633. The zero-order valence-corrected chi connectivity index (χ0v) is 16.4. The molecule has 0 fully saturated rings. The van der Waals surface area contributed by atoms with Crippen molar-refractivity contribution in [1.82, 2.24) is 14.8 Å². The van der Waals surface area contributed by atoms with Gasteiger partial charge in [0.05, 0.1) is 6.42 Å². The summed E-state index contributed by atoms with van der Waals surface area (Å²) >= 11 is 17.8.